The summed E-state index contributed by atoms with van der Waals surface area (Å²) in [6.07, 6.45) is 10.3. The topological polar surface area (TPSA) is 43.4 Å². The highest BCUT2D eigenvalue weighted by Gasteiger charge is 2.14. The van der Waals surface area contributed by atoms with E-state index in [0.29, 0.717) is 0 Å². The zero-order chi connectivity index (χ0) is 17.0. The standard InChI is InChI=1S/C18H29ClO3S/c1-17-11-13-18(14-12-17)23(20,21)22-16-10-8-6-4-2-3-5-7-9-15-19/h11-14H,2-10,15-16H2,1H3. The first-order valence-corrected chi connectivity index (χ1v) is 10.5. The molecule has 0 amide bonds. The third kappa shape index (κ3) is 9.33. The maximum absolute atomic E-state index is 12.0. The molecule has 1 rings (SSSR count). The lowest BCUT2D eigenvalue weighted by atomic mass is 10.1. The van der Waals surface area contributed by atoms with Gasteiger partial charge < -0.3 is 0 Å². The first-order valence-electron chi connectivity index (χ1n) is 8.58. The molecule has 1 aromatic rings. The summed E-state index contributed by atoms with van der Waals surface area (Å²) in [5.74, 6) is 0.769. The molecule has 0 bridgehead atoms. The molecule has 23 heavy (non-hydrogen) atoms. The number of alkyl halides is 1. The van der Waals surface area contributed by atoms with E-state index in [-0.39, 0.29) is 11.5 Å². The van der Waals surface area contributed by atoms with Gasteiger partial charge in [0.2, 0.25) is 0 Å². The summed E-state index contributed by atoms with van der Waals surface area (Å²) in [5, 5.41) is 0. The van der Waals surface area contributed by atoms with E-state index in [1.54, 1.807) is 24.3 Å². The summed E-state index contributed by atoms with van der Waals surface area (Å²) in [7, 11) is -3.60. The Bertz CT molecular complexity index is 512. The lowest BCUT2D eigenvalue weighted by Crippen LogP contribution is -2.07. The van der Waals surface area contributed by atoms with Crippen LogP contribution >= 0.6 is 11.6 Å². The van der Waals surface area contributed by atoms with E-state index in [0.717, 1.165) is 37.1 Å². The van der Waals surface area contributed by atoms with Gasteiger partial charge in [0, 0.05) is 5.88 Å². The van der Waals surface area contributed by atoms with Crippen LogP contribution in [-0.2, 0) is 14.3 Å². The van der Waals surface area contributed by atoms with E-state index in [9.17, 15) is 8.42 Å². The molecule has 1 aromatic carbocycles. The van der Waals surface area contributed by atoms with Crippen LogP contribution in [0.4, 0.5) is 0 Å². The number of unbranched alkanes of at least 4 members (excludes halogenated alkanes) is 8. The predicted molar refractivity (Wildman–Crippen MR) is 96.6 cm³/mol. The average molecular weight is 361 g/mol. The van der Waals surface area contributed by atoms with E-state index in [2.05, 4.69) is 0 Å². The maximum atomic E-state index is 12.0. The van der Waals surface area contributed by atoms with Crippen LogP contribution in [0.1, 0.15) is 63.4 Å². The van der Waals surface area contributed by atoms with Crippen LogP contribution < -0.4 is 0 Å². The van der Waals surface area contributed by atoms with Gasteiger partial charge in [-0.05, 0) is 31.9 Å². The number of hydrogen-bond acceptors (Lipinski definition) is 3. The van der Waals surface area contributed by atoms with Gasteiger partial charge >= 0.3 is 0 Å². The Balaban J connectivity index is 2.05. The van der Waals surface area contributed by atoms with E-state index in [1.807, 2.05) is 6.92 Å². The average Bonchev–Trinajstić information content (AvgIpc) is 2.53. The van der Waals surface area contributed by atoms with Gasteiger partial charge in [-0.15, -0.1) is 11.6 Å². The third-order valence-corrected chi connectivity index (χ3v) is 5.42. The van der Waals surface area contributed by atoms with Gasteiger partial charge in [-0.1, -0.05) is 62.6 Å². The van der Waals surface area contributed by atoms with Crippen molar-refractivity contribution in [2.24, 2.45) is 0 Å². The Hall–Kier alpha value is -0.580. The zero-order valence-corrected chi connectivity index (χ0v) is 15.7. The number of aryl methyl sites for hydroxylation is 1. The van der Waals surface area contributed by atoms with Crippen LogP contribution in [0, 0.1) is 6.92 Å². The molecule has 0 atom stereocenters. The van der Waals surface area contributed by atoms with Crippen molar-refractivity contribution in [2.75, 3.05) is 12.5 Å². The molecule has 0 spiro atoms. The molecule has 132 valence electrons. The molecule has 0 N–H and O–H groups in total. The number of rotatable bonds is 13. The third-order valence-electron chi connectivity index (χ3n) is 3.83. The van der Waals surface area contributed by atoms with Crippen LogP contribution in [0.15, 0.2) is 29.2 Å². The van der Waals surface area contributed by atoms with Gasteiger partial charge in [0.15, 0.2) is 0 Å². The molecule has 0 aromatic heterocycles. The summed E-state index contributed by atoms with van der Waals surface area (Å²) >= 11 is 5.64. The van der Waals surface area contributed by atoms with Crippen molar-refractivity contribution in [1.29, 1.82) is 0 Å². The number of halogens is 1. The Labute approximate surface area is 146 Å². The lowest BCUT2D eigenvalue weighted by molar-refractivity contribution is 0.306. The molecule has 3 nitrogen and oxygen atoms in total. The maximum Gasteiger partial charge on any atom is 0.296 e. The van der Waals surface area contributed by atoms with Gasteiger partial charge in [-0.3, -0.25) is 4.18 Å². The molecule has 0 aliphatic heterocycles. The monoisotopic (exact) mass is 360 g/mol. The van der Waals surface area contributed by atoms with Crippen LogP contribution in [0.5, 0.6) is 0 Å². The Morgan fingerprint density at radius 2 is 1.30 bits per heavy atom. The first-order chi connectivity index (χ1) is 11.1. The second kappa shape index (κ2) is 11.9. The number of hydrogen-bond donors (Lipinski definition) is 0. The highest BCUT2D eigenvalue weighted by Crippen LogP contribution is 2.14. The van der Waals surface area contributed by atoms with Gasteiger partial charge in [0.25, 0.3) is 10.1 Å². The fourth-order valence-corrected chi connectivity index (χ4v) is 3.51. The zero-order valence-electron chi connectivity index (χ0n) is 14.1. The van der Waals surface area contributed by atoms with Crippen molar-refractivity contribution in [3.8, 4) is 0 Å². The lowest BCUT2D eigenvalue weighted by Gasteiger charge is -2.06. The molecule has 0 aliphatic carbocycles. The largest absolute Gasteiger partial charge is 0.296 e. The molecule has 0 saturated heterocycles. The Morgan fingerprint density at radius 1 is 0.826 bits per heavy atom. The van der Waals surface area contributed by atoms with Gasteiger partial charge in [-0.25, -0.2) is 0 Å². The van der Waals surface area contributed by atoms with Crippen molar-refractivity contribution >= 4 is 21.7 Å². The minimum Gasteiger partial charge on any atom is -0.266 e. The van der Waals surface area contributed by atoms with Crippen molar-refractivity contribution in [1.82, 2.24) is 0 Å². The minimum atomic E-state index is -3.60. The van der Waals surface area contributed by atoms with Crippen LogP contribution in [0.25, 0.3) is 0 Å². The summed E-state index contributed by atoms with van der Waals surface area (Å²) in [6, 6.07) is 6.75. The molecule has 0 heterocycles. The fourth-order valence-electron chi connectivity index (χ4n) is 2.38. The van der Waals surface area contributed by atoms with Gasteiger partial charge in [0.05, 0.1) is 11.5 Å². The highest BCUT2D eigenvalue weighted by atomic mass is 35.5. The van der Waals surface area contributed by atoms with Crippen LogP contribution in [0.2, 0.25) is 0 Å². The summed E-state index contributed by atoms with van der Waals surface area (Å²) in [4.78, 5) is 0.236. The highest BCUT2D eigenvalue weighted by molar-refractivity contribution is 7.86. The SMILES string of the molecule is Cc1ccc(S(=O)(=O)OCCCCCCCCCCCCl)cc1. The van der Waals surface area contributed by atoms with E-state index >= 15 is 0 Å². The van der Waals surface area contributed by atoms with E-state index in [4.69, 9.17) is 15.8 Å². The molecule has 0 aliphatic rings. The molecule has 0 fully saturated rings. The Morgan fingerprint density at radius 3 is 1.83 bits per heavy atom. The normalized spacial score (nSPS) is 11.7. The smallest absolute Gasteiger partial charge is 0.266 e. The summed E-state index contributed by atoms with van der Waals surface area (Å²) in [6.45, 7) is 2.20. The molecule has 0 saturated carbocycles. The Kier molecular flexibility index (Phi) is 10.6. The van der Waals surface area contributed by atoms with Crippen molar-refractivity contribution in [2.45, 2.75) is 69.6 Å². The molecule has 0 radical (unpaired) electrons. The minimum absolute atomic E-state index is 0.236. The van der Waals surface area contributed by atoms with Crippen molar-refractivity contribution in [3.05, 3.63) is 29.8 Å². The van der Waals surface area contributed by atoms with Crippen LogP contribution in [0.3, 0.4) is 0 Å². The predicted octanol–water partition coefficient (Wildman–Crippen LogP) is 5.45. The summed E-state index contributed by atoms with van der Waals surface area (Å²) < 4.78 is 29.0. The molecular formula is C18H29ClO3S. The fraction of sp³-hybridized carbons (Fsp3) is 0.667. The summed E-state index contributed by atoms with van der Waals surface area (Å²) in [5.41, 5.74) is 1.03. The van der Waals surface area contributed by atoms with Crippen LogP contribution in [-0.4, -0.2) is 20.9 Å². The van der Waals surface area contributed by atoms with Gasteiger partial charge in [0.1, 0.15) is 0 Å². The van der Waals surface area contributed by atoms with Gasteiger partial charge in [-0.2, -0.15) is 8.42 Å². The first kappa shape index (κ1) is 20.5. The van der Waals surface area contributed by atoms with Crippen molar-refractivity contribution < 1.29 is 12.6 Å². The quantitative estimate of drug-likeness (QED) is 0.267. The molecule has 0 unspecified atom stereocenters. The molecular weight excluding hydrogens is 332 g/mol. The molecule has 5 heteroatoms. The van der Waals surface area contributed by atoms with Crippen molar-refractivity contribution in [3.63, 3.8) is 0 Å². The second-order valence-electron chi connectivity index (χ2n) is 5.96. The van der Waals surface area contributed by atoms with E-state index < -0.39 is 10.1 Å². The second-order valence-corrected chi connectivity index (χ2v) is 7.95. The number of benzene rings is 1. The van der Waals surface area contributed by atoms with E-state index in [1.165, 1.54) is 32.1 Å².